The highest BCUT2D eigenvalue weighted by Gasteiger charge is 2.33. The minimum absolute atomic E-state index is 0.0395. The van der Waals surface area contributed by atoms with Gasteiger partial charge in [0.25, 0.3) is 5.78 Å². The molecule has 90 valence electrons. The number of hydrogen-bond donors (Lipinski definition) is 0. The molecule has 1 atom stereocenters. The topological polar surface area (TPSA) is 60.4 Å². The van der Waals surface area contributed by atoms with E-state index < -0.39 is 23.7 Å². The molecule has 0 spiro atoms. The Morgan fingerprint density at radius 1 is 1.24 bits per heavy atom. The molecule has 0 aliphatic rings. The number of benzene rings is 1. The molecule has 17 heavy (non-hydrogen) atoms. The van der Waals surface area contributed by atoms with E-state index in [1.165, 1.54) is 31.2 Å². The van der Waals surface area contributed by atoms with E-state index in [0.717, 1.165) is 0 Å². The monoisotopic (exact) mass is 238 g/mol. The SMILES string of the molecule is CCOC(=O)C(=O)C(F)C(=O)c1ccccc1. The number of hydrogen-bond acceptors (Lipinski definition) is 4. The lowest BCUT2D eigenvalue weighted by Crippen LogP contribution is -2.33. The first-order chi connectivity index (χ1) is 8.07. The number of ketones is 2. The van der Waals surface area contributed by atoms with E-state index in [0.29, 0.717) is 0 Å². The van der Waals surface area contributed by atoms with Crippen LogP contribution >= 0.6 is 0 Å². The van der Waals surface area contributed by atoms with Crippen LogP contribution in [0.25, 0.3) is 0 Å². The van der Waals surface area contributed by atoms with E-state index in [1.54, 1.807) is 6.07 Å². The zero-order valence-electron chi connectivity index (χ0n) is 9.18. The highest BCUT2D eigenvalue weighted by atomic mass is 19.1. The van der Waals surface area contributed by atoms with E-state index in [4.69, 9.17) is 0 Å². The van der Waals surface area contributed by atoms with Crippen molar-refractivity contribution in [2.75, 3.05) is 6.61 Å². The fourth-order valence-electron chi connectivity index (χ4n) is 1.17. The Morgan fingerprint density at radius 2 is 1.82 bits per heavy atom. The van der Waals surface area contributed by atoms with Gasteiger partial charge in [0.2, 0.25) is 12.0 Å². The highest BCUT2D eigenvalue weighted by molar-refractivity contribution is 6.41. The van der Waals surface area contributed by atoms with Crippen LogP contribution in [0.5, 0.6) is 0 Å². The third-order valence-electron chi connectivity index (χ3n) is 2.00. The Labute approximate surface area is 97.4 Å². The van der Waals surface area contributed by atoms with Crippen LogP contribution in [-0.4, -0.2) is 30.3 Å². The summed E-state index contributed by atoms with van der Waals surface area (Å²) in [4.78, 5) is 33.6. The summed E-state index contributed by atoms with van der Waals surface area (Å²) in [5, 5.41) is 0. The van der Waals surface area contributed by atoms with E-state index >= 15 is 0 Å². The lowest BCUT2D eigenvalue weighted by Gasteiger charge is -2.05. The summed E-state index contributed by atoms with van der Waals surface area (Å²) in [5.74, 6) is -3.84. The molecular formula is C12H11FO4. The number of carbonyl (C=O) groups excluding carboxylic acids is 3. The number of esters is 1. The minimum atomic E-state index is -2.50. The van der Waals surface area contributed by atoms with Crippen molar-refractivity contribution in [2.45, 2.75) is 13.1 Å². The van der Waals surface area contributed by atoms with Gasteiger partial charge < -0.3 is 4.74 Å². The van der Waals surface area contributed by atoms with Gasteiger partial charge in [0.05, 0.1) is 6.61 Å². The summed E-state index contributed by atoms with van der Waals surface area (Å²) in [6.45, 7) is 1.44. The second-order valence-corrected chi connectivity index (χ2v) is 3.18. The van der Waals surface area contributed by atoms with Crippen LogP contribution in [0, 0.1) is 0 Å². The average Bonchev–Trinajstić information content (AvgIpc) is 2.37. The zero-order chi connectivity index (χ0) is 12.8. The molecule has 0 aliphatic heterocycles. The fourth-order valence-corrected chi connectivity index (χ4v) is 1.17. The van der Waals surface area contributed by atoms with Gasteiger partial charge in [-0.05, 0) is 6.92 Å². The van der Waals surface area contributed by atoms with Gasteiger partial charge in [-0.3, -0.25) is 9.59 Å². The molecule has 4 nitrogen and oxygen atoms in total. The third kappa shape index (κ3) is 3.21. The van der Waals surface area contributed by atoms with E-state index in [9.17, 15) is 18.8 Å². The Morgan fingerprint density at radius 3 is 2.35 bits per heavy atom. The number of ether oxygens (including phenoxy) is 1. The molecule has 0 amide bonds. The number of Topliss-reactive ketones (excluding diaryl/α,β-unsaturated/α-hetero) is 2. The number of halogens is 1. The molecule has 0 bridgehead atoms. The first-order valence-electron chi connectivity index (χ1n) is 5.02. The molecule has 0 saturated heterocycles. The van der Waals surface area contributed by atoms with Gasteiger partial charge in [-0.15, -0.1) is 0 Å². The fraction of sp³-hybridized carbons (Fsp3) is 0.250. The summed E-state index contributed by atoms with van der Waals surface area (Å²) in [6.07, 6.45) is -2.50. The molecule has 0 aromatic heterocycles. The first-order valence-corrected chi connectivity index (χ1v) is 5.02. The van der Waals surface area contributed by atoms with Crippen LogP contribution in [0.15, 0.2) is 30.3 Å². The Balaban J connectivity index is 2.77. The van der Waals surface area contributed by atoms with E-state index in [1.807, 2.05) is 0 Å². The Bertz CT molecular complexity index is 427. The van der Waals surface area contributed by atoms with Crippen molar-refractivity contribution in [3.05, 3.63) is 35.9 Å². The molecule has 0 aliphatic carbocycles. The van der Waals surface area contributed by atoms with Crippen molar-refractivity contribution in [3.63, 3.8) is 0 Å². The predicted octanol–water partition coefficient (Wildman–Crippen LogP) is 1.34. The average molecular weight is 238 g/mol. The maximum Gasteiger partial charge on any atom is 0.378 e. The van der Waals surface area contributed by atoms with Gasteiger partial charge in [-0.2, -0.15) is 0 Å². The molecule has 0 radical (unpaired) electrons. The maximum absolute atomic E-state index is 13.4. The molecule has 1 aromatic carbocycles. The first kappa shape index (κ1) is 13.0. The number of alkyl halides is 1. The van der Waals surface area contributed by atoms with Crippen molar-refractivity contribution >= 4 is 17.5 Å². The van der Waals surface area contributed by atoms with Crippen molar-refractivity contribution in [1.82, 2.24) is 0 Å². The maximum atomic E-state index is 13.4. The zero-order valence-corrected chi connectivity index (χ0v) is 9.18. The normalized spacial score (nSPS) is 11.6. The molecule has 1 unspecified atom stereocenters. The smallest absolute Gasteiger partial charge is 0.378 e. The van der Waals surface area contributed by atoms with Crippen molar-refractivity contribution in [3.8, 4) is 0 Å². The molecule has 5 heteroatoms. The van der Waals surface area contributed by atoms with Crippen LogP contribution < -0.4 is 0 Å². The lowest BCUT2D eigenvalue weighted by molar-refractivity contribution is -0.155. The van der Waals surface area contributed by atoms with Crippen LogP contribution in [0.4, 0.5) is 4.39 Å². The summed E-state index contributed by atoms with van der Waals surface area (Å²) in [5.41, 5.74) is 0.0395. The lowest BCUT2D eigenvalue weighted by atomic mass is 10.0. The number of rotatable bonds is 5. The quantitative estimate of drug-likeness (QED) is 0.336. The minimum Gasteiger partial charge on any atom is -0.460 e. The van der Waals surface area contributed by atoms with Gasteiger partial charge in [-0.25, -0.2) is 9.18 Å². The van der Waals surface area contributed by atoms with Gasteiger partial charge in [0.1, 0.15) is 0 Å². The third-order valence-corrected chi connectivity index (χ3v) is 2.00. The molecule has 0 saturated carbocycles. The van der Waals surface area contributed by atoms with Crippen LogP contribution in [0.1, 0.15) is 17.3 Å². The Hall–Kier alpha value is -2.04. The molecule has 0 heterocycles. The summed E-state index contributed by atoms with van der Waals surface area (Å²) < 4.78 is 17.8. The van der Waals surface area contributed by atoms with Gasteiger partial charge in [0.15, 0.2) is 0 Å². The second-order valence-electron chi connectivity index (χ2n) is 3.18. The van der Waals surface area contributed by atoms with Crippen molar-refractivity contribution in [1.29, 1.82) is 0 Å². The summed E-state index contributed by atoms with van der Waals surface area (Å²) in [6, 6.07) is 7.46. The van der Waals surface area contributed by atoms with Crippen LogP contribution in [0.3, 0.4) is 0 Å². The van der Waals surface area contributed by atoms with E-state index in [-0.39, 0.29) is 12.2 Å². The second kappa shape index (κ2) is 5.89. The molecule has 1 aromatic rings. The largest absolute Gasteiger partial charge is 0.460 e. The number of carbonyl (C=O) groups is 3. The Kier molecular flexibility index (Phi) is 4.51. The predicted molar refractivity (Wildman–Crippen MR) is 57.3 cm³/mol. The molecule has 0 fully saturated rings. The molecule has 1 rings (SSSR count). The molecule has 0 N–H and O–H groups in total. The van der Waals surface area contributed by atoms with E-state index in [2.05, 4.69) is 4.74 Å². The van der Waals surface area contributed by atoms with Crippen LogP contribution in [-0.2, 0) is 14.3 Å². The van der Waals surface area contributed by atoms with Gasteiger partial charge in [-0.1, -0.05) is 30.3 Å². The molecular weight excluding hydrogens is 227 g/mol. The van der Waals surface area contributed by atoms with Gasteiger partial charge >= 0.3 is 5.97 Å². The summed E-state index contributed by atoms with van der Waals surface area (Å²) >= 11 is 0. The highest BCUT2D eigenvalue weighted by Crippen LogP contribution is 2.08. The standard InChI is InChI=1S/C12H11FO4/c1-2-17-12(16)11(15)9(13)10(14)8-6-4-3-5-7-8/h3-7,9H,2H2,1H3. The van der Waals surface area contributed by atoms with Crippen LogP contribution in [0.2, 0.25) is 0 Å². The van der Waals surface area contributed by atoms with Gasteiger partial charge in [0, 0.05) is 5.56 Å². The van der Waals surface area contributed by atoms with Crippen molar-refractivity contribution in [2.24, 2.45) is 0 Å². The summed E-state index contributed by atoms with van der Waals surface area (Å²) in [7, 11) is 0. The van der Waals surface area contributed by atoms with Crippen molar-refractivity contribution < 1.29 is 23.5 Å².